The van der Waals surface area contributed by atoms with Gasteiger partial charge in [0.05, 0.1) is 18.4 Å². The fourth-order valence-electron chi connectivity index (χ4n) is 3.51. The first-order valence-corrected chi connectivity index (χ1v) is 10.0. The van der Waals surface area contributed by atoms with Gasteiger partial charge in [-0.1, -0.05) is 18.2 Å². The number of ether oxygens (including phenoxy) is 1. The van der Waals surface area contributed by atoms with E-state index in [1.165, 1.54) is 38.3 Å². The lowest BCUT2D eigenvalue weighted by Gasteiger charge is -2.15. The second kappa shape index (κ2) is 8.96. The molecule has 1 aliphatic rings. The summed E-state index contributed by atoms with van der Waals surface area (Å²) >= 11 is 0. The maximum absolute atomic E-state index is 13.4. The minimum atomic E-state index is -0.574. The summed E-state index contributed by atoms with van der Waals surface area (Å²) in [5, 5.41) is 5.71. The van der Waals surface area contributed by atoms with Gasteiger partial charge in [-0.2, -0.15) is 0 Å². The van der Waals surface area contributed by atoms with Crippen molar-refractivity contribution in [3.8, 4) is 5.75 Å². The number of benzene rings is 3. The molecule has 0 spiro atoms. The number of nitrogens with one attached hydrogen (secondary N) is 2. The highest BCUT2D eigenvalue weighted by atomic mass is 19.1. The Labute approximate surface area is 189 Å². The molecule has 8 heteroatoms. The van der Waals surface area contributed by atoms with Crippen molar-refractivity contribution in [3.63, 3.8) is 0 Å². The Morgan fingerprint density at radius 2 is 1.61 bits per heavy atom. The molecule has 2 N–H and O–H groups in total. The van der Waals surface area contributed by atoms with Crippen molar-refractivity contribution in [3.05, 3.63) is 89.9 Å². The predicted octanol–water partition coefficient (Wildman–Crippen LogP) is 4.19. The van der Waals surface area contributed by atoms with Crippen LogP contribution in [0, 0.1) is 5.82 Å². The third-order valence-corrected chi connectivity index (χ3v) is 5.00. The number of carbonyl (C=O) groups is 3. The molecule has 0 bridgehead atoms. The molecule has 3 aromatic carbocycles. The van der Waals surface area contributed by atoms with Crippen molar-refractivity contribution in [2.24, 2.45) is 0 Å². The first-order valence-electron chi connectivity index (χ1n) is 10.0. The zero-order valence-electron chi connectivity index (χ0n) is 17.9. The van der Waals surface area contributed by atoms with Gasteiger partial charge in [-0.15, -0.1) is 0 Å². The summed E-state index contributed by atoms with van der Waals surface area (Å²) in [5.74, 6) is -1.25. The molecule has 0 aromatic heterocycles. The van der Waals surface area contributed by atoms with Crippen molar-refractivity contribution in [2.45, 2.75) is 6.92 Å². The fraction of sp³-hybridized carbons (Fsp3) is 0.0800. The molecule has 1 heterocycles. The van der Waals surface area contributed by atoms with Crippen LogP contribution in [0.2, 0.25) is 0 Å². The van der Waals surface area contributed by atoms with Gasteiger partial charge in [0.2, 0.25) is 5.91 Å². The van der Waals surface area contributed by atoms with Crippen molar-refractivity contribution in [1.82, 2.24) is 0 Å². The molecule has 33 heavy (non-hydrogen) atoms. The van der Waals surface area contributed by atoms with E-state index < -0.39 is 17.6 Å². The van der Waals surface area contributed by atoms with Gasteiger partial charge >= 0.3 is 0 Å². The molecule has 0 aliphatic carbocycles. The van der Waals surface area contributed by atoms with Crippen molar-refractivity contribution in [2.75, 3.05) is 22.6 Å². The molecule has 0 saturated carbocycles. The summed E-state index contributed by atoms with van der Waals surface area (Å²) in [7, 11) is 1.53. The Bertz CT molecular complexity index is 1270. The number of imide groups is 1. The van der Waals surface area contributed by atoms with E-state index in [2.05, 4.69) is 10.6 Å². The number of methoxy groups -OCH3 is 1. The molecular formula is C25H20FN3O4. The van der Waals surface area contributed by atoms with Gasteiger partial charge in [0.15, 0.2) is 0 Å². The zero-order valence-corrected chi connectivity index (χ0v) is 17.9. The number of hydrogen-bond donors (Lipinski definition) is 2. The molecule has 166 valence electrons. The topological polar surface area (TPSA) is 87.7 Å². The number of halogens is 1. The lowest BCUT2D eigenvalue weighted by molar-refractivity contribution is -0.120. The number of amides is 3. The summed E-state index contributed by atoms with van der Waals surface area (Å²) < 4.78 is 18.7. The standard InChI is InChI=1S/C25H20FN3O4/c1-15(30)27-18-10-6-16(7-11-18)22-23(28-19-4-3-5-21(14-19)33-2)25(32)29(24(22)31)20-12-8-17(26)9-13-20/h3-14,28H,1-2H3,(H,27,30). The molecule has 0 fully saturated rings. The summed E-state index contributed by atoms with van der Waals surface area (Å²) in [5.41, 5.74) is 2.07. The fourth-order valence-corrected chi connectivity index (χ4v) is 3.51. The van der Waals surface area contributed by atoms with E-state index in [-0.39, 0.29) is 22.9 Å². The van der Waals surface area contributed by atoms with E-state index in [0.29, 0.717) is 22.7 Å². The summed E-state index contributed by atoms with van der Waals surface area (Å²) in [4.78, 5) is 39.1. The zero-order chi connectivity index (χ0) is 23.5. The lowest BCUT2D eigenvalue weighted by Crippen LogP contribution is -2.32. The van der Waals surface area contributed by atoms with Crippen LogP contribution >= 0.6 is 0 Å². The average Bonchev–Trinajstić information content (AvgIpc) is 3.04. The monoisotopic (exact) mass is 445 g/mol. The maximum atomic E-state index is 13.4. The van der Waals surface area contributed by atoms with Crippen LogP contribution in [-0.4, -0.2) is 24.8 Å². The second-order valence-electron chi connectivity index (χ2n) is 7.29. The van der Waals surface area contributed by atoms with Crippen LogP contribution in [0.15, 0.2) is 78.5 Å². The number of rotatable bonds is 6. The Hall–Kier alpha value is -4.46. The summed E-state index contributed by atoms with van der Waals surface area (Å²) in [6.07, 6.45) is 0. The van der Waals surface area contributed by atoms with Gasteiger partial charge in [-0.3, -0.25) is 14.4 Å². The first kappa shape index (κ1) is 21.8. The molecule has 0 atom stereocenters. The molecule has 3 aromatic rings. The Balaban J connectivity index is 1.78. The van der Waals surface area contributed by atoms with Crippen LogP contribution in [0.1, 0.15) is 12.5 Å². The van der Waals surface area contributed by atoms with Crippen molar-refractivity contribution >= 4 is 40.4 Å². The molecule has 0 unspecified atom stereocenters. The van der Waals surface area contributed by atoms with Crippen LogP contribution in [-0.2, 0) is 14.4 Å². The number of anilines is 3. The average molecular weight is 445 g/mol. The third-order valence-electron chi connectivity index (χ3n) is 5.00. The molecule has 0 saturated heterocycles. The predicted molar refractivity (Wildman–Crippen MR) is 123 cm³/mol. The van der Waals surface area contributed by atoms with Gasteiger partial charge < -0.3 is 15.4 Å². The first-order chi connectivity index (χ1) is 15.9. The van der Waals surface area contributed by atoms with Crippen LogP contribution in [0.4, 0.5) is 21.5 Å². The van der Waals surface area contributed by atoms with Gasteiger partial charge in [0.25, 0.3) is 11.8 Å². The largest absolute Gasteiger partial charge is 0.497 e. The molecule has 1 aliphatic heterocycles. The smallest absolute Gasteiger partial charge is 0.282 e. The molecule has 0 radical (unpaired) electrons. The van der Waals surface area contributed by atoms with Crippen molar-refractivity contribution in [1.29, 1.82) is 0 Å². The van der Waals surface area contributed by atoms with E-state index in [9.17, 15) is 18.8 Å². The minimum Gasteiger partial charge on any atom is -0.497 e. The van der Waals surface area contributed by atoms with E-state index in [1.807, 2.05) is 0 Å². The van der Waals surface area contributed by atoms with E-state index >= 15 is 0 Å². The highest BCUT2D eigenvalue weighted by molar-refractivity contribution is 6.46. The highest BCUT2D eigenvalue weighted by Gasteiger charge is 2.40. The maximum Gasteiger partial charge on any atom is 0.282 e. The second-order valence-corrected chi connectivity index (χ2v) is 7.29. The van der Waals surface area contributed by atoms with E-state index in [1.54, 1.807) is 48.5 Å². The number of nitrogens with zero attached hydrogens (tertiary/aromatic N) is 1. The quantitative estimate of drug-likeness (QED) is 0.556. The third kappa shape index (κ3) is 4.45. The highest BCUT2D eigenvalue weighted by Crippen LogP contribution is 2.34. The Morgan fingerprint density at radius 1 is 0.909 bits per heavy atom. The van der Waals surface area contributed by atoms with Gasteiger partial charge in [0.1, 0.15) is 17.3 Å². The lowest BCUT2D eigenvalue weighted by atomic mass is 10.0. The Morgan fingerprint density at radius 3 is 2.24 bits per heavy atom. The Kier molecular flexibility index (Phi) is 5.91. The number of hydrogen-bond acceptors (Lipinski definition) is 5. The SMILES string of the molecule is COc1cccc(NC2=C(c3ccc(NC(C)=O)cc3)C(=O)N(c3ccc(F)cc3)C2=O)c1. The van der Waals surface area contributed by atoms with E-state index in [0.717, 1.165) is 4.90 Å². The van der Waals surface area contributed by atoms with Crippen LogP contribution in [0.25, 0.3) is 5.57 Å². The summed E-state index contributed by atoms with van der Waals surface area (Å²) in [6.45, 7) is 1.40. The molecule has 4 rings (SSSR count). The van der Waals surface area contributed by atoms with Crippen molar-refractivity contribution < 1.29 is 23.5 Å². The van der Waals surface area contributed by atoms with Gasteiger partial charge in [-0.05, 0) is 54.1 Å². The van der Waals surface area contributed by atoms with Gasteiger partial charge in [0, 0.05) is 24.4 Å². The summed E-state index contributed by atoms with van der Waals surface area (Å²) in [6, 6.07) is 18.6. The molecule has 7 nitrogen and oxygen atoms in total. The normalized spacial score (nSPS) is 13.4. The van der Waals surface area contributed by atoms with Crippen LogP contribution < -0.4 is 20.3 Å². The molecule has 3 amide bonds. The van der Waals surface area contributed by atoms with Crippen LogP contribution in [0.5, 0.6) is 5.75 Å². The molecular weight excluding hydrogens is 425 g/mol. The van der Waals surface area contributed by atoms with Gasteiger partial charge in [-0.25, -0.2) is 9.29 Å². The van der Waals surface area contributed by atoms with Crippen LogP contribution in [0.3, 0.4) is 0 Å². The minimum absolute atomic E-state index is 0.0739. The number of carbonyl (C=O) groups excluding carboxylic acids is 3. The van der Waals surface area contributed by atoms with E-state index in [4.69, 9.17) is 4.74 Å².